The molecule has 2 aromatic rings. The predicted octanol–water partition coefficient (Wildman–Crippen LogP) is 3.17. The number of carbonyl (C=O) groups excluding carboxylic acids is 2. The molecule has 0 atom stereocenters. The van der Waals surface area contributed by atoms with Crippen molar-refractivity contribution in [2.45, 2.75) is 19.8 Å². The summed E-state index contributed by atoms with van der Waals surface area (Å²) in [6.07, 6.45) is 2.84. The van der Waals surface area contributed by atoms with E-state index in [-0.39, 0.29) is 10.6 Å². The third-order valence-electron chi connectivity index (χ3n) is 4.73. The van der Waals surface area contributed by atoms with E-state index in [4.69, 9.17) is 5.21 Å². The van der Waals surface area contributed by atoms with Gasteiger partial charge in [-0.05, 0) is 43.5 Å². The van der Waals surface area contributed by atoms with Gasteiger partial charge in [-0.3, -0.25) is 10.2 Å². The summed E-state index contributed by atoms with van der Waals surface area (Å²) in [5, 5.41) is 11.7. The molecular formula is C21H24N5O4+. The maximum Gasteiger partial charge on any atom is 0.337 e. The SMILES string of the molecule is Cc1cccc(NC(=O)NNC(=O)C=C2CCN(c3cccc([N+](=O)O)c3)CC2)c1. The number of nitrogens with one attached hydrogen (secondary N) is 3. The van der Waals surface area contributed by atoms with Crippen LogP contribution in [-0.4, -0.2) is 35.2 Å². The lowest BCUT2D eigenvalue weighted by molar-refractivity contribution is -0.729. The van der Waals surface area contributed by atoms with Crippen LogP contribution in [0.15, 0.2) is 60.2 Å². The van der Waals surface area contributed by atoms with E-state index in [1.807, 2.05) is 31.2 Å². The molecule has 0 radical (unpaired) electrons. The molecule has 3 amide bonds. The maximum atomic E-state index is 12.1. The second kappa shape index (κ2) is 9.55. The molecule has 1 aliphatic heterocycles. The normalized spacial score (nSPS) is 13.4. The lowest BCUT2D eigenvalue weighted by Crippen LogP contribution is -2.43. The summed E-state index contributed by atoms with van der Waals surface area (Å²) in [5.41, 5.74) is 8.32. The first-order chi connectivity index (χ1) is 14.4. The Hall–Kier alpha value is -3.88. The highest BCUT2D eigenvalue weighted by Crippen LogP contribution is 2.25. The summed E-state index contributed by atoms with van der Waals surface area (Å²) >= 11 is 0. The molecule has 1 fully saturated rings. The Morgan fingerprint density at radius 2 is 1.80 bits per heavy atom. The molecule has 0 saturated carbocycles. The number of piperidine rings is 1. The van der Waals surface area contributed by atoms with Crippen molar-refractivity contribution < 1.29 is 19.7 Å². The zero-order valence-electron chi connectivity index (χ0n) is 16.6. The highest BCUT2D eigenvalue weighted by Gasteiger charge is 2.18. The first kappa shape index (κ1) is 20.8. The molecule has 30 heavy (non-hydrogen) atoms. The van der Waals surface area contributed by atoms with Gasteiger partial charge < -0.3 is 10.2 Å². The van der Waals surface area contributed by atoms with Gasteiger partial charge in [0.2, 0.25) is 0 Å². The van der Waals surface area contributed by atoms with E-state index in [1.54, 1.807) is 18.2 Å². The van der Waals surface area contributed by atoms with Gasteiger partial charge in [0.1, 0.15) is 0 Å². The summed E-state index contributed by atoms with van der Waals surface area (Å²) in [5.74, 6) is -0.401. The molecule has 9 heteroatoms. The van der Waals surface area contributed by atoms with Gasteiger partial charge in [-0.25, -0.2) is 15.4 Å². The van der Waals surface area contributed by atoms with E-state index in [1.165, 1.54) is 12.1 Å². The molecule has 156 valence electrons. The number of benzene rings is 2. The van der Waals surface area contributed by atoms with Gasteiger partial charge in [-0.15, -0.1) is 0 Å². The van der Waals surface area contributed by atoms with Crippen molar-refractivity contribution in [3.63, 3.8) is 0 Å². The minimum Gasteiger partial charge on any atom is -0.371 e. The van der Waals surface area contributed by atoms with Crippen LogP contribution in [0.3, 0.4) is 0 Å². The highest BCUT2D eigenvalue weighted by molar-refractivity contribution is 5.93. The third-order valence-corrected chi connectivity index (χ3v) is 4.73. The van der Waals surface area contributed by atoms with Gasteiger partial charge >= 0.3 is 11.7 Å². The van der Waals surface area contributed by atoms with Gasteiger partial charge in [0.15, 0.2) is 0 Å². The second-order valence-corrected chi connectivity index (χ2v) is 7.02. The van der Waals surface area contributed by atoms with E-state index in [0.717, 1.165) is 16.8 Å². The summed E-state index contributed by atoms with van der Waals surface area (Å²) < 4.78 is 0. The Balaban J connectivity index is 1.46. The quantitative estimate of drug-likeness (QED) is 0.457. The number of anilines is 2. The van der Waals surface area contributed by atoms with Crippen LogP contribution in [0.5, 0.6) is 0 Å². The molecule has 0 aromatic heterocycles. The monoisotopic (exact) mass is 410 g/mol. The smallest absolute Gasteiger partial charge is 0.337 e. The topological polar surface area (TPSA) is 114 Å². The molecule has 0 aliphatic carbocycles. The van der Waals surface area contributed by atoms with Crippen LogP contribution < -0.4 is 21.1 Å². The molecule has 2 aromatic carbocycles. The molecule has 1 heterocycles. The molecule has 0 unspecified atom stereocenters. The Bertz CT molecular complexity index is 979. The fourth-order valence-electron chi connectivity index (χ4n) is 3.23. The number of nitrogens with zero attached hydrogens (tertiary/aromatic N) is 2. The third kappa shape index (κ3) is 5.81. The van der Waals surface area contributed by atoms with Gasteiger partial charge in [-0.1, -0.05) is 23.8 Å². The highest BCUT2D eigenvalue weighted by atomic mass is 16.6. The lowest BCUT2D eigenvalue weighted by atomic mass is 10.0. The summed E-state index contributed by atoms with van der Waals surface area (Å²) in [7, 11) is 0. The zero-order chi connectivity index (χ0) is 21.5. The van der Waals surface area contributed by atoms with Crippen LogP contribution in [0.2, 0.25) is 0 Å². The van der Waals surface area contributed by atoms with Crippen molar-refractivity contribution in [1.29, 1.82) is 0 Å². The van der Waals surface area contributed by atoms with Gasteiger partial charge in [0.05, 0.1) is 4.91 Å². The molecule has 3 rings (SSSR count). The van der Waals surface area contributed by atoms with E-state index >= 15 is 0 Å². The number of hydrazine groups is 1. The van der Waals surface area contributed by atoms with Crippen LogP contribution >= 0.6 is 0 Å². The zero-order valence-corrected chi connectivity index (χ0v) is 16.6. The number of hydrogen-bond donors (Lipinski definition) is 4. The molecule has 0 bridgehead atoms. The number of urea groups is 1. The van der Waals surface area contributed by atoms with Crippen LogP contribution in [-0.2, 0) is 4.79 Å². The minimum atomic E-state index is -0.529. The van der Waals surface area contributed by atoms with Crippen molar-refractivity contribution in [3.05, 3.63) is 70.7 Å². The van der Waals surface area contributed by atoms with Crippen molar-refractivity contribution in [2.24, 2.45) is 0 Å². The lowest BCUT2D eigenvalue weighted by Gasteiger charge is -2.30. The van der Waals surface area contributed by atoms with Crippen LogP contribution in [0.1, 0.15) is 18.4 Å². The van der Waals surface area contributed by atoms with Crippen molar-refractivity contribution in [1.82, 2.24) is 10.9 Å². The van der Waals surface area contributed by atoms with Crippen molar-refractivity contribution in [3.8, 4) is 0 Å². The fourth-order valence-corrected chi connectivity index (χ4v) is 3.23. The van der Waals surface area contributed by atoms with Crippen molar-refractivity contribution >= 4 is 29.0 Å². The number of amides is 3. The standard InChI is InChI=1S/C21H23N5O4/c1-15-4-2-5-17(12-15)22-21(28)24-23-20(27)13-16-8-10-25(11-9-16)18-6-3-7-19(14-18)26(29)30/h2-7,12-14H,8-11H2,1H3,(H3-,22,23,24,27,28,29,30)/p+1. The number of aryl methyl sites for hydroxylation is 1. The Kier molecular flexibility index (Phi) is 6.63. The Labute approximate surface area is 173 Å². The maximum absolute atomic E-state index is 12.1. The van der Waals surface area contributed by atoms with Gasteiger partial charge in [-0.2, -0.15) is 0 Å². The number of hydrogen-bond acceptors (Lipinski definition) is 4. The average molecular weight is 410 g/mol. The summed E-state index contributed by atoms with van der Waals surface area (Å²) in [4.78, 5) is 36.9. The molecule has 4 N–H and O–H groups in total. The largest absolute Gasteiger partial charge is 0.371 e. The van der Waals surface area contributed by atoms with Crippen LogP contribution in [0.25, 0.3) is 0 Å². The van der Waals surface area contributed by atoms with E-state index < -0.39 is 11.9 Å². The van der Waals surface area contributed by atoms with Crippen LogP contribution in [0.4, 0.5) is 21.9 Å². The summed E-state index contributed by atoms with van der Waals surface area (Å²) in [6.45, 7) is 3.27. The molecule has 0 spiro atoms. The van der Waals surface area contributed by atoms with Crippen LogP contribution in [0, 0.1) is 11.8 Å². The molecule has 9 nitrogen and oxygen atoms in total. The van der Waals surface area contributed by atoms with E-state index in [9.17, 15) is 14.5 Å². The number of rotatable bonds is 4. The second-order valence-electron chi connectivity index (χ2n) is 7.02. The first-order valence-electron chi connectivity index (χ1n) is 9.55. The molecule has 1 aliphatic rings. The van der Waals surface area contributed by atoms with E-state index in [2.05, 4.69) is 21.1 Å². The molecule has 1 saturated heterocycles. The predicted molar refractivity (Wildman–Crippen MR) is 113 cm³/mol. The Morgan fingerprint density at radius 3 is 2.50 bits per heavy atom. The van der Waals surface area contributed by atoms with Gasteiger partial charge in [0.25, 0.3) is 10.8 Å². The van der Waals surface area contributed by atoms with E-state index in [0.29, 0.717) is 31.6 Å². The molecular weight excluding hydrogens is 386 g/mol. The minimum absolute atomic E-state index is 0.161. The fraction of sp³-hybridized carbons (Fsp3) is 0.238. The number of carbonyl (C=O) groups is 2. The van der Waals surface area contributed by atoms with Crippen molar-refractivity contribution in [2.75, 3.05) is 23.3 Å². The Morgan fingerprint density at radius 1 is 1.07 bits per heavy atom. The average Bonchev–Trinajstić information content (AvgIpc) is 2.73. The first-order valence-corrected chi connectivity index (χ1v) is 9.55. The van der Waals surface area contributed by atoms with Gasteiger partial charge in [0, 0.05) is 42.7 Å². The summed E-state index contributed by atoms with van der Waals surface area (Å²) in [6, 6.07) is 13.5.